The molecule has 226 valence electrons. The first-order chi connectivity index (χ1) is 20.7. The molecule has 6 nitrogen and oxygen atoms in total. The number of rotatable bonds is 12. The van der Waals surface area contributed by atoms with Crippen LogP contribution in [-0.2, 0) is 17.9 Å². The van der Waals surface area contributed by atoms with Crippen LogP contribution in [0.25, 0.3) is 5.76 Å². The number of hydrogen-bond acceptors (Lipinski definition) is 5. The molecule has 43 heavy (non-hydrogen) atoms. The molecule has 1 aliphatic heterocycles. The summed E-state index contributed by atoms with van der Waals surface area (Å²) < 4.78 is 60.9. The van der Waals surface area contributed by atoms with Gasteiger partial charge in [-0.1, -0.05) is 60.7 Å². The molecule has 1 aliphatic carbocycles. The largest absolute Gasteiger partial charge is 0.506 e. The topological polar surface area (TPSA) is 76.4 Å². The number of aliphatic hydroxyl groups is 1. The van der Waals surface area contributed by atoms with E-state index in [0.29, 0.717) is 25.7 Å². The minimum atomic E-state index is -1.62. The van der Waals surface area contributed by atoms with Crippen LogP contribution >= 0.6 is 0 Å². The molecule has 1 saturated carbocycles. The van der Waals surface area contributed by atoms with Crippen molar-refractivity contribution in [2.45, 2.75) is 38.4 Å². The number of anilines is 1. The van der Waals surface area contributed by atoms with E-state index in [0.717, 1.165) is 30.2 Å². The van der Waals surface area contributed by atoms with Crippen molar-refractivity contribution >= 4 is 23.6 Å². The number of hydrogen-bond donors (Lipinski definition) is 2. The highest BCUT2D eigenvalue weighted by molar-refractivity contribution is 6.14. The predicted octanol–water partition coefficient (Wildman–Crippen LogP) is 6.56. The van der Waals surface area contributed by atoms with Crippen molar-refractivity contribution in [1.29, 1.82) is 0 Å². The maximum atomic E-state index is 15.4. The van der Waals surface area contributed by atoms with E-state index in [1.165, 1.54) is 4.90 Å². The number of carboxylic acid groups (broad SMARTS) is 1. The van der Waals surface area contributed by atoms with Gasteiger partial charge in [-0.25, -0.2) is 18.0 Å². The number of aliphatic carboxylic acids is 1. The van der Waals surface area contributed by atoms with E-state index in [-0.39, 0.29) is 25.6 Å². The summed E-state index contributed by atoms with van der Waals surface area (Å²) in [5.74, 6) is -7.11. The summed E-state index contributed by atoms with van der Waals surface area (Å²) in [5.41, 5.74) is -1.28. The smallest absolute Gasteiger partial charge is 0.341 e. The minimum absolute atomic E-state index is 0.0630. The molecule has 0 radical (unpaired) electrons. The Balaban J connectivity index is 1.40. The van der Waals surface area contributed by atoms with Gasteiger partial charge < -0.3 is 15.1 Å². The Labute approximate surface area is 247 Å². The van der Waals surface area contributed by atoms with Crippen LogP contribution in [0.2, 0.25) is 0 Å². The molecule has 1 atom stereocenters. The number of carboxylic acids is 1. The summed E-state index contributed by atoms with van der Waals surface area (Å²) in [4.78, 5) is 19.0. The molecule has 1 saturated heterocycles. The average Bonchev–Trinajstić information content (AvgIpc) is 3.74. The molecule has 2 aliphatic rings. The van der Waals surface area contributed by atoms with Crippen molar-refractivity contribution in [3.63, 3.8) is 0 Å². The summed E-state index contributed by atoms with van der Waals surface area (Å²) >= 11 is 0. The second-order valence-corrected chi connectivity index (χ2v) is 11.4. The van der Waals surface area contributed by atoms with Crippen LogP contribution < -0.4 is 4.90 Å². The normalized spacial score (nSPS) is 19.3. The van der Waals surface area contributed by atoms with Gasteiger partial charge in [-0.2, -0.15) is 0 Å². The average molecular weight is 596 g/mol. The van der Waals surface area contributed by atoms with Gasteiger partial charge in [0.05, 0.1) is 18.3 Å². The number of benzene rings is 3. The zero-order valence-corrected chi connectivity index (χ0v) is 23.5. The lowest BCUT2D eigenvalue weighted by atomic mass is 9.87. The molecule has 0 spiro atoms. The third-order valence-electron chi connectivity index (χ3n) is 7.93. The van der Waals surface area contributed by atoms with E-state index in [4.69, 9.17) is 0 Å². The third-order valence-corrected chi connectivity index (χ3v) is 7.93. The Kier molecular flexibility index (Phi) is 9.15. The van der Waals surface area contributed by atoms with Crippen LogP contribution in [0, 0.1) is 22.9 Å². The van der Waals surface area contributed by atoms with Crippen molar-refractivity contribution in [2.75, 3.05) is 31.2 Å². The molecule has 10 heteroatoms. The third kappa shape index (κ3) is 7.07. The highest BCUT2D eigenvalue weighted by Crippen LogP contribution is 2.39. The molecule has 0 bridgehead atoms. The van der Waals surface area contributed by atoms with E-state index in [2.05, 4.69) is 9.89 Å². The Hall–Kier alpha value is -4.18. The SMILES string of the molecule is O=C(O)C(C=NC1CC1)=C(O)c1cc(F)c(N2CC[C@](CF)(CN(Cc3ccccc3)Cc3ccccc3)C2)c(F)c1F. The van der Waals surface area contributed by atoms with Gasteiger partial charge in [-0.15, -0.1) is 0 Å². The van der Waals surface area contributed by atoms with Crippen molar-refractivity contribution in [3.8, 4) is 0 Å². The summed E-state index contributed by atoms with van der Waals surface area (Å²) in [6.07, 6.45) is 2.66. The number of alkyl halides is 1. The first-order valence-electron chi connectivity index (χ1n) is 14.2. The molecule has 0 unspecified atom stereocenters. The highest BCUT2D eigenvalue weighted by Gasteiger charge is 2.42. The Morgan fingerprint density at radius 2 is 1.58 bits per heavy atom. The lowest BCUT2D eigenvalue weighted by Crippen LogP contribution is -2.41. The minimum Gasteiger partial charge on any atom is -0.506 e. The van der Waals surface area contributed by atoms with Crippen LogP contribution in [0.15, 0.2) is 77.3 Å². The zero-order chi connectivity index (χ0) is 30.6. The summed E-state index contributed by atoms with van der Waals surface area (Å²) in [7, 11) is 0. The molecule has 2 N–H and O–H groups in total. The molecule has 1 heterocycles. The van der Waals surface area contributed by atoms with Crippen LogP contribution in [-0.4, -0.2) is 59.6 Å². The molecule has 5 rings (SSSR count). The van der Waals surface area contributed by atoms with Gasteiger partial charge in [0.25, 0.3) is 0 Å². The molecule has 3 aromatic rings. The van der Waals surface area contributed by atoms with Gasteiger partial charge >= 0.3 is 5.97 Å². The Morgan fingerprint density at radius 1 is 0.977 bits per heavy atom. The van der Waals surface area contributed by atoms with Gasteiger partial charge in [0, 0.05) is 44.4 Å². The number of aliphatic imine (C=N–C) groups is 1. The van der Waals surface area contributed by atoms with Crippen LogP contribution in [0.4, 0.5) is 23.2 Å². The second-order valence-electron chi connectivity index (χ2n) is 11.4. The lowest BCUT2D eigenvalue weighted by molar-refractivity contribution is -0.132. The monoisotopic (exact) mass is 595 g/mol. The van der Waals surface area contributed by atoms with E-state index in [9.17, 15) is 19.4 Å². The molecule has 2 fully saturated rings. The van der Waals surface area contributed by atoms with E-state index in [1.54, 1.807) is 0 Å². The number of carbonyl (C=O) groups is 1. The number of halogens is 4. The highest BCUT2D eigenvalue weighted by atomic mass is 19.2. The quantitative estimate of drug-likeness (QED) is 0.0816. The molecular weight excluding hydrogens is 562 g/mol. The molecule has 0 aromatic heterocycles. The Morgan fingerprint density at radius 3 is 2.12 bits per heavy atom. The zero-order valence-electron chi connectivity index (χ0n) is 23.5. The summed E-state index contributed by atoms with van der Waals surface area (Å²) in [6.45, 7) is 0.624. The fourth-order valence-corrected chi connectivity index (χ4v) is 5.55. The van der Waals surface area contributed by atoms with E-state index >= 15 is 13.2 Å². The van der Waals surface area contributed by atoms with Crippen molar-refractivity contribution < 1.29 is 32.6 Å². The van der Waals surface area contributed by atoms with Crippen molar-refractivity contribution in [2.24, 2.45) is 10.4 Å². The first kappa shape index (κ1) is 30.3. The standard InChI is InChI=1S/C33H33F4N3O3/c34-19-33(20-39(17-22-7-3-1-4-8-22)18-23-9-5-2-6-10-23)13-14-40(21-33)30-27(35)15-25(28(36)29(30)37)31(41)26(32(42)43)16-38-24-11-12-24/h1-10,15-16,24,41H,11-14,17-21H2,(H,42,43)/t33-/m0/s1. The van der Waals surface area contributed by atoms with Gasteiger partial charge in [-0.3, -0.25) is 14.3 Å². The fraction of sp³-hybridized carbons (Fsp3) is 0.333. The maximum absolute atomic E-state index is 15.4. The van der Waals surface area contributed by atoms with Gasteiger partial charge in [0.2, 0.25) is 0 Å². The summed E-state index contributed by atoms with van der Waals surface area (Å²) in [5, 5.41) is 20.0. The van der Waals surface area contributed by atoms with Crippen molar-refractivity contribution in [3.05, 3.63) is 106 Å². The molecular formula is C33H33F4N3O3. The predicted molar refractivity (Wildman–Crippen MR) is 157 cm³/mol. The fourth-order valence-electron chi connectivity index (χ4n) is 5.55. The first-order valence-corrected chi connectivity index (χ1v) is 14.2. The van der Waals surface area contributed by atoms with Gasteiger partial charge in [-0.05, 0) is 36.5 Å². The summed E-state index contributed by atoms with van der Waals surface area (Å²) in [6, 6.07) is 19.9. The van der Waals surface area contributed by atoms with E-state index in [1.807, 2.05) is 60.7 Å². The molecule has 0 amide bonds. The van der Waals surface area contributed by atoms with Gasteiger partial charge in [0.1, 0.15) is 22.8 Å². The maximum Gasteiger partial charge on any atom is 0.341 e. The number of nitrogens with zero attached hydrogens (tertiary/aromatic N) is 3. The van der Waals surface area contributed by atoms with Crippen LogP contribution in [0.1, 0.15) is 36.0 Å². The number of aliphatic hydroxyl groups excluding tert-OH is 1. The second kappa shape index (κ2) is 13.0. The Bertz CT molecular complexity index is 1470. The van der Waals surface area contributed by atoms with Crippen LogP contribution in [0.5, 0.6) is 0 Å². The van der Waals surface area contributed by atoms with Gasteiger partial charge in [0.15, 0.2) is 11.6 Å². The molecule has 3 aromatic carbocycles. The van der Waals surface area contributed by atoms with Crippen molar-refractivity contribution in [1.82, 2.24) is 4.90 Å². The van der Waals surface area contributed by atoms with E-state index < -0.39 is 58.1 Å². The van der Waals surface area contributed by atoms with Crippen LogP contribution in [0.3, 0.4) is 0 Å². The lowest BCUT2D eigenvalue weighted by Gasteiger charge is -2.34.